The van der Waals surface area contributed by atoms with Crippen molar-refractivity contribution in [2.24, 2.45) is 29.6 Å². The molecule has 3 N–H and O–H groups in total. The van der Waals surface area contributed by atoms with Crippen LogP contribution in [-0.4, -0.2) is 89.8 Å². The molecule has 5 fully saturated rings. The van der Waals surface area contributed by atoms with Gasteiger partial charge >= 0.3 is 6.09 Å². The molecule has 0 bridgehead atoms. The molecule has 0 spiro atoms. The highest BCUT2D eigenvalue weighted by atomic mass is 35.5. The van der Waals surface area contributed by atoms with Crippen molar-refractivity contribution in [3.8, 4) is 11.8 Å². The number of carbonyl (C=O) groups excluding carboxylic acids is 4. The van der Waals surface area contributed by atoms with Crippen LogP contribution in [-0.2, 0) is 29.1 Å². The minimum atomic E-state index is -4.01. The predicted molar refractivity (Wildman–Crippen MR) is 220 cm³/mol. The van der Waals surface area contributed by atoms with E-state index in [-0.39, 0.29) is 43.2 Å². The fraction of sp³-hybridized carbons (Fsp3) is 0.651. The Hall–Kier alpha value is -4.11. The number of fused-ring (bicyclic) bond motifs is 4. The number of amides is 4. The van der Waals surface area contributed by atoms with Crippen molar-refractivity contribution in [2.45, 2.75) is 133 Å². The van der Waals surface area contributed by atoms with Crippen LogP contribution < -0.4 is 24.8 Å². The summed E-state index contributed by atoms with van der Waals surface area (Å²) in [7, 11) is -4.01. The number of halogens is 1. The molecule has 4 amide bonds. The molecule has 2 aromatic rings. The lowest BCUT2D eigenvalue weighted by Gasteiger charge is -2.33. The van der Waals surface area contributed by atoms with E-state index in [1.807, 2.05) is 32.1 Å². The van der Waals surface area contributed by atoms with Crippen LogP contribution in [0.1, 0.15) is 98.3 Å². The molecule has 8 rings (SSSR count). The van der Waals surface area contributed by atoms with Crippen molar-refractivity contribution in [2.75, 3.05) is 13.2 Å². The van der Waals surface area contributed by atoms with Crippen LogP contribution in [0.5, 0.6) is 11.8 Å². The van der Waals surface area contributed by atoms with Crippen molar-refractivity contribution in [3.63, 3.8) is 0 Å². The second-order valence-corrected chi connectivity index (χ2v) is 20.9. The Morgan fingerprint density at radius 2 is 1.81 bits per heavy atom. The summed E-state index contributed by atoms with van der Waals surface area (Å²) in [5.74, 6) is -0.826. The lowest BCUT2D eigenvalue weighted by atomic mass is 9.88. The largest absolute Gasteiger partial charge is 0.478 e. The first-order valence-electron chi connectivity index (χ1n) is 21.3. The van der Waals surface area contributed by atoms with Crippen molar-refractivity contribution in [1.82, 2.24) is 25.2 Å². The van der Waals surface area contributed by atoms with Gasteiger partial charge in [0.25, 0.3) is 5.91 Å². The van der Waals surface area contributed by atoms with E-state index in [2.05, 4.69) is 27.3 Å². The molecule has 1 aromatic carbocycles. The first kappa shape index (κ1) is 41.6. The van der Waals surface area contributed by atoms with Crippen LogP contribution in [0.3, 0.4) is 0 Å². The average Bonchev–Trinajstić information content (AvgIpc) is 4.14. The van der Waals surface area contributed by atoms with E-state index >= 15 is 0 Å². The van der Waals surface area contributed by atoms with Crippen LogP contribution >= 0.6 is 11.6 Å². The summed E-state index contributed by atoms with van der Waals surface area (Å²) in [6.07, 6.45) is 8.93. The highest BCUT2D eigenvalue weighted by Crippen LogP contribution is 2.52. The molecule has 1 aromatic heterocycles. The predicted octanol–water partition coefficient (Wildman–Crippen LogP) is 5.80. The van der Waals surface area contributed by atoms with Gasteiger partial charge in [-0.3, -0.25) is 19.1 Å². The van der Waals surface area contributed by atoms with Crippen molar-refractivity contribution in [1.29, 1.82) is 0 Å². The Kier molecular flexibility index (Phi) is 11.3. The van der Waals surface area contributed by atoms with Gasteiger partial charge in [0.15, 0.2) is 0 Å². The molecule has 320 valence electrons. The molecule has 0 radical (unpaired) electrons. The summed E-state index contributed by atoms with van der Waals surface area (Å²) in [4.78, 5) is 63.3. The number of aromatic nitrogens is 1. The maximum absolute atomic E-state index is 15.0. The van der Waals surface area contributed by atoms with Crippen LogP contribution in [0, 0.1) is 29.6 Å². The van der Waals surface area contributed by atoms with Gasteiger partial charge in [-0.2, -0.15) is 4.98 Å². The number of ether oxygens (including phenoxy) is 3. The zero-order valence-corrected chi connectivity index (χ0v) is 35.8. The van der Waals surface area contributed by atoms with E-state index in [4.69, 9.17) is 25.8 Å². The number of nitrogens with one attached hydrogen (secondary N) is 3. The average molecular weight is 854 g/mol. The third kappa shape index (κ3) is 8.60. The standard InChI is InChI=1S/C43H56ClN5O9S/c1-5-15-56-35-21-32-31(11-8-12-33(32)44)38(45-35)57-30-20-34-37(50)47-43(40(52)48-59(54,55)42(4)13-14-42)22-28(43)10-7-6-9-24(2)16-25(3)36(39(51)49(34)23-30)46-41(53)58-29-18-26-17-27(26)19-29/h7-8,10-12,21,24-30,34,36H,5-6,9,13-20,22-23H2,1-4H3,(H,46,53)(H,47,50)(H,48,52)/b10-7-/t24-,25+,26-,27?,28+,29?,30+,34-,36-,43+/m0/s1. The number of allylic oxidation sites excluding steroid dienone is 1. The summed E-state index contributed by atoms with van der Waals surface area (Å²) in [5, 5.41) is 7.59. The molecule has 4 aliphatic carbocycles. The Balaban J connectivity index is 1.12. The minimum absolute atomic E-state index is 0.0166. The second-order valence-electron chi connectivity index (χ2n) is 18.3. The number of nitrogens with zero attached hydrogens (tertiary/aromatic N) is 2. The third-order valence-corrected chi connectivity index (χ3v) is 16.0. The summed E-state index contributed by atoms with van der Waals surface area (Å²) in [5.41, 5.74) is -1.54. The second kappa shape index (κ2) is 16.1. The van der Waals surface area contributed by atoms with Gasteiger partial charge in [-0.25, -0.2) is 13.2 Å². The molecular weight excluding hydrogens is 798 g/mol. The van der Waals surface area contributed by atoms with Crippen molar-refractivity contribution in [3.05, 3.63) is 41.4 Å². The topological polar surface area (TPSA) is 182 Å². The first-order chi connectivity index (χ1) is 28.1. The number of benzene rings is 1. The molecule has 16 heteroatoms. The lowest BCUT2D eigenvalue weighted by molar-refractivity contribution is -0.142. The molecule has 6 aliphatic rings. The van der Waals surface area contributed by atoms with E-state index in [1.54, 1.807) is 25.1 Å². The Labute approximate surface area is 350 Å². The van der Waals surface area contributed by atoms with Crippen LogP contribution in [0.25, 0.3) is 10.8 Å². The molecule has 10 atom stereocenters. The summed E-state index contributed by atoms with van der Waals surface area (Å²) >= 11 is 6.62. The fourth-order valence-corrected chi connectivity index (χ4v) is 10.9. The van der Waals surface area contributed by atoms with Gasteiger partial charge in [0.05, 0.1) is 17.9 Å². The monoisotopic (exact) mass is 853 g/mol. The van der Waals surface area contributed by atoms with Gasteiger partial charge in [-0.1, -0.05) is 50.6 Å². The van der Waals surface area contributed by atoms with Gasteiger partial charge < -0.3 is 29.7 Å². The van der Waals surface area contributed by atoms with Gasteiger partial charge in [-0.15, -0.1) is 0 Å². The smallest absolute Gasteiger partial charge is 0.408 e. The number of rotatable bonds is 10. The van der Waals surface area contributed by atoms with E-state index in [0.717, 1.165) is 25.7 Å². The SMILES string of the molecule is CCCOc1cc2c(Cl)cccc2c(O[C@@H]2C[C@H]3C(=O)N[C@]4(C(=O)NS(=O)(=O)C5(C)CC5)C[C@H]4/C=C\CC[C@H](C)C[C@@H](C)[C@H](NC(=O)OC4CC5C[C@H]5C4)C(=O)N3C2)n1. The number of hydrogen-bond acceptors (Lipinski definition) is 10. The quantitative estimate of drug-likeness (QED) is 0.247. The number of sulfonamides is 1. The summed E-state index contributed by atoms with van der Waals surface area (Å²) < 4.78 is 46.1. The van der Waals surface area contributed by atoms with E-state index < -0.39 is 68.2 Å². The molecule has 59 heavy (non-hydrogen) atoms. The normalized spacial score (nSPS) is 34.2. The van der Waals surface area contributed by atoms with Gasteiger partial charge in [-0.05, 0) is 107 Å². The fourth-order valence-electron chi connectivity index (χ4n) is 9.38. The minimum Gasteiger partial charge on any atom is -0.478 e. The number of pyridine rings is 1. The van der Waals surface area contributed by atoms with E-state index in [1.165, 1.54) is 11.3 Å². The number of alkyl carbamates (subject to hydrolysis) is 1. The van der Waals surface area contributed by atoms with Crippen LogP contribution in [0.4, 0.5) is 4.79 Å². The number of carbonyl (C=O) groups is 4. The molecule has 14 nitrogen and oxygen atoms in total. The summed E-state index contributed by atoms with van der Waals surface area (Å²) in [6.45, 7) is 7.97. The molecular formula is C43H56ClN5O9S. The molecule has 3 heterocycles. The molecule has 2 unspecified atom stereocenters. The Morgan fingerprint density at radius 1 is 1.05 bits per heavy atom. The summed E-state index contributed by atoms with van der Waals surface area (Å²) in [6, 6.07) is 4.92. The highest BCUT2D eigenvalue weighted by Gasteiger charge is 2.63. The van der Waals surface area contributed by atoms with E-state index in [0.29, 0.717) is 65.8 Å². The van der Waals surface area contributed by atoms with Crippen molar-refractivity contribution < 1.29 is 41.8 Å². The zero-order valence-electron chi connectivity index (χ0n) is 34.2. The third-order valence-electron chi connectivity index (χ3n) is 13.5. The van der Waals surface area contributed by atoms with Gasteiger partial charge in [0.1, 0.15) is 29.8 Å². The highest BCUT2D eigenvalue weighted by molar-refractivity contribution is 7.91. The van der Waals surface area contributed by atoms with Crippen LogP contribution in [0.2, 0.25) is 5.02 Å². The molecule has 2 aliphatic heterocycles. The van der Waals surface area contributed by atoms with Crippen LogP contribution in [0.15, 0.2) is 36.4 Å². The van der Waals surface area contributed by atoms with E-state index in [9.17, 15) is 27.6 Å². The molecule has 4 saturated carbocycles. The maximum atomic E-state index is 15.0. The number of hydrogen-bond donors (Lipinski definition) is 3. The first-order valence-corrected chi connectivity index (χ1v) is 23.2. The lowest BCUT2D eigenvalue weighted by Crippen LogP contribution is -2.59. The van der Waals surface area contributed by atoms with Crippen molar-refractivity contribution >= 4 is 56.2 Å². The zero-order chi connectivity index (χ0) is 41.9. The van der Waals surface area contributed by atoms with Gasteiger partial charge in [0, 0.05) is 34.2 Å². The Morgan fingerprint density at radius 3 is 2.54 bits per heavy atom. The maximum Gasteiger partial charge on any atom is 0.408 e. The van der Waals surface area contributed by atoms with Gasteiger partial charge in [0.2, 0.25) is 33.6 Å². The molecule has 1 saturated heterocycles. The Bertz CT molecular complexity index is 2140.